The molecule has 0 spiro atoms. The number of amides is 1. The molecule has 2 aromatic carbocycles. The summed E-state index contributed by atoms with van der Waals surface area (Å²) in [5.74, 6) is 2.36. The van der Waals surface area contributed by atoms with Crippen LogP contribution in [0.2, 0.25) is 0 Å². The van der Waals surface area contributed by atoms with Crippen LogP contribution in [0.1, 0.15) is 37.7 Å². The van der Waals surface area contributed by atoms with Gasteiger partial charge in [0.25, 0.3) is 0 Å². The van der Waals surface area contributed by atoms with Gasteiger partial charge in [0.15, 0.2) is 16.6 Å². The maximum absolute atomic E-state index is 12.1. The van der Waals surface area contributed by atoms with E-state index in [-0.39, 0.29) is 12.7 Å². The second-order valence-electron chi connectivity index (χ2n) is 8.74. The van der Waals surface area contributed by atoms with E-state index in [1.165, 1.54) is 31.5 Å². The third-order valence-corrected chi connectivity index (χ3v) is 6.16. The number of carbonyl (C=O) groups is 1. The summed E-state index contributed by atoms with van der Waals surface area (Å²) in [5.41, 5.74) is 2.11. The molecular formula is C26H34N4O4S. The van der Waals surface area contributed by atoms with E-state index in [1.807, 2.05) is 30.3 Å². The number of carbonyl (C=O) groups excluding carboxylic acids is 1. The highest BCUT2D eigenvalue weighted by atomic mass is 32.1. The van der Waals surface area contributed by atoms with Gasteiger partial charge in [-0.05, 0) is 80.8 Å². The van der Waals surface area contributed by atoms with E-state index in [9.17, 15) is 4.79 Å². The van der Waals surface area contributed by atoms with E-state index in [0.29, 0.717) is 43.4 Å². The Morgan fingerprint density at radius 1 is 1.00 bits per heavy atom. The highest BCUT2D eigenvalue weighted by molar-refractivity contribution is 7.80. The van der Waals surface area contributed by atoms with Gasteiger partial charge in [0, 0.05) is 37.8 Å². The number of ether oxygens (including phenoxy) is 3. The fraction of sp³-hybridized carbons (Fsp3) is 0.462. The molecule has 0 aliphatic carbocycles. The zero-order valence-electron chi connectivity index (χ0n) is 20.0. The third-order valence-electron chi connectivity index (χ3n) is 5.91. The number of hydrogen-bond acceptors (Lipinski definition) is 6. The summed E-state index contributed by atoms with van der Waals surface area (Å²) in [6, 6.07) is 13.9. The Kier molecular flexibility index (Phi) is 9.42. The lowest BCUT2D eigenvalue weighted by atomic mass is 10.2. The molecule has 2 heterocycles. The van der Waals surface area contributed by atoms with Crippen LogP contribution in [0.15, 0.2) is 42.5 Å². The SMILES string of the molecule is O=C(CCCNC(=S)Nc1ccc2c(c1)OCO2)NCCCOc1cccc(CN2CCCC2)c1. The molecule has 0 aromatic heterocycles. The van der Waals surface area contributed by atoms with Crippen molar-refractivity contribution in [1.29, 1.82) is 0 Å². The Morgan fingerprint density at radius 3 is 2.71 bits per heavy atom. The lowest BCUT2D eigenvalue weighted by Gasteiger charge is -2.15. The van der Waals surface area contributed by atoms with Crippen LogP contribution < -0.4 is 30.2 Å². The van der Waals surface area contributed by atoms with Gasteiger partial charge in [0.05, 0.1) is 6.61 Å². The Morgan fingerprint density at radius 2 is 1.83 bits per heavy atom. The Balaban J connectivity index is 1.02. The van der Waals surface area contributed by atoms with Gasteiger partial charge in [-0.15, -0.1) is 0 Å². The van der Waals surface area contributed by atoms with Crippen molar-refractivity contribution in [3.63, 3.8) is 0 Å². The smallest absolute Gasteiger partial charge is 0.231 e. The standard InChI is InChI=1S/C26H34N4O4S/c31-25(8-4-11-28-26(35)29-21-9-10-23-24(17-21)34-19-33-23)27-12-5-15-32-22-7-3-6-20(16-22)18-30-13-1-2-14-30/h3,6-7,9-10,16-17H,1-2,4-5,8,11-15,18-19H2,(H,27,31)(H2,28,29,35). The van der Waals surface area contributed by atoms with Crippen LogP contribution in [0.3, 0.4) is 0 Å². The topological polar surface area (TPSA) is 84.1 Å². The fourth-order valence-corrected chi connectivity index (χ4v) is 4.33. The van der Waals surface area contributed by atoms with E-state index >= 15 is 0 Å². The van der Waals surface area contributed by atoms with Gasteiger partial charge in [-0.3, -0.25) is 9.69 Å². The number of likely N-dealkylation sites (tertiary alicyclic amines) is 1. The third kappa shape index (κ3) is 8.29. The Bertz CT molecular complexity index is 997. The molecule has 188 valence electrons. The maximum Gasteiger partial charge on any atom is 0.231 e. The Labute approximate surface area is 212 Å². The predicted molar refractivity (Wildman–Crippen MR) is 140 cm³/mol. The van der Waals surface area contributed by atoms with E-state index in [0.717, 1.165) is 30.2 Å². The van der Waals surface area contributed by atoms with Crippen molar-refractivity contribution < 1.29 is 19.0 Å². The largest absolute Gasteiger partial charge is 0.494 e. The van der Waals surface area contributed by atoms with Crippen molar-refractivity contribution in [1.82, 2.24) is 15.5 Å². The summed E-state index contributed by atoms with van der Waals surface area (Å²) in [7, 11) is 0. The van der Waals surface area contributed by atoms with Gasteiger partial charge in [0.1, 0.15) is 5.75 Å². The number of anilines is 1. The molecule has 35 heavy (non-hydrogen) atoms. The van der Waals surface area contributed by atoms with Crippen molar-refractivity contribution in [2.24, 2.45) is 0 Å². The first kappa shape index (κ1) is 25.1. The molecule has 1 saturated heterocycles. The lowest BCUT2D eigenvalue weighted by Crippen LogP contribution is -2.31. The minimum absolute atomic E-state index is 0.0362. The van der Waals surface area contributed by atoms with Gasteiger partial charge in [-0.2, -0.15) is 0 Å². The molecule has 2 aliphatic heterocycles. The normalized spacial score (nSPS) is 14.5. The highest BCUT2D eigenvalue weighted by Gasteiger charge is 2.14. The van der Waals surface area contributed by atoms with E-state index in [4.69, 9.17) is 26.4 Å². The molecule has 0 bridgehead atoms. The van der Waals surface area contributed by atoms with Crippen LogP contribution in [-0.2, 0) is 11.3 Å². The van der Waals surface area contributed by atoms with Crippen molar-refractivity contribution in [3.05, 3.63) is 48.0 Å². The average Bonchev–Trinajstić information content (AvgIpc) is 3.54. The fourth-order valence-electron chi connectivity index (χ4n) is 4.11. The predicted octanol–water partition coefficient (Wildman–Crippen LogP) is 3.66. The number of hydrogen-bond donors (Lipinski definition) is 3. The molecule has 0 radical (unpaired) electrons. The quantitative estimate of drug-likeness (QED) is 0.302. The van der Waals surface area contributed by atoms with Crippen LogP contribution >= 0.6 is 12.2 Å². The molecule has 3 N–H and O–H groups in total. The molecule has 2 aliphatic rings. The molecule has 1 amide bonds. The van der Waals surface area contributed by atoms with Gasteiger partial charge in [0.2, 0.25) is 12.7 Å². The van der Waals surface area contributed by atoms with Crippen LogP contribution in [-0.4, -0.2) is 55.5 Å². The van der Waals surface area contributed by atoms with E-state index in [2.05, 4.69) is 33.0 Å². The molecule has 0 unspecified atom stereocenters. The zero-order chi connectivity index (χ0) is 24.3. The number of benzene rings is 2. The van der Waals surface area contributed by atoms with Crippen LogP contribution in [0.25, 0.3) is 0 Å². The second kappa shape index (κ2) is 13.2. The van der Waals surface area contributed by atoms with Crippen LogP contribution in [0.5, 0.6) is 17.2 Å². The van der Waals surface area contributed by atoms with Crippen LogP contribution in [0.4, 0.5) is 5.69 Å². The maximum atomic E-state index is 12.1. The number of thiocarbonyl (C=S) groups is 1. The van der Waals surface area contributed by atoms with E-state index in [1.54, 1.807) is 0 Å². The summed E-state index contributed by atoms with van der Waals surface area (Å²) >= 11 is 5.31. The van der Waals surface area contributed by atoms with Gasteiger partial charge in [-0.25, -0.2) is 0 Å². The lowest BCUT2D eigenvalue weighted by molar-refractivity contribution is -0.121. The summed E-state index contributed by atoms with van der Waals surface area (Å²) < 4.78 is 16.5. The van der Waals surface area contributed by atoms with Gasteiger partial charge >= 0.3 is 0 Å². The Hall–Kier alpha value is -3.04. The van der Waals surface area contributed by atoms with Crippen LogP contribution in [0, 0.1) is 0 Å². The molecule has 9 heteroatoms. The first-order chi connectivity index (χ1) is 17.2. The number of nitrogens with one attached hydrogen (secondary N) is 3. The van der Waals surface area contributed by atoms with Crippen molar-refractivity contribution >= 4 is 28.9 Å². The average molecular weight is 499 g/mol. The molecule has 8 nitrogen and oxygen atoms in total. The number of nitrogens with zero attached hydrogens (tertiary/aromatic N) is 1. The number of fused-ring (bicyclic) bond motifs is 1. The zero-order valence-corrected chi connectivity index (χ0v) is 20.8. The monoisotopic (exact) mass is 498 g/mol. The molecule has 1 fully saturated rings. The minimum atomic E-state index is 0.0362. The highest BCUT2D eigenvalue weighted by Crippen LogP contribution is 2.34. The summed E-state index contributed by atoms with van der Waals surface area (Å²) in [6.45, 7) is 5.39. The molecule has 2 aromatic rings. The summed E-state index contributed by atoms with van der Waals surface area (Å²) in [4.78, 5) is 14.6. The minimum Gasteiger partial charge on any atom is -0.494 e. The van der Waals surface area contributed by atoms with Crippen molar-refractivity contribution in [3.8, 4) is 17.2 Å². The first-order valence-electron chi connectivity index (χ1n) is 12.3. The molecule has 0 atom stereocenters. The van der Waals surface area contributed by atoms with Crippen molar-refractivity contribution in [2.75, 3.05) is 44.9 Å². The molecule has 4 rings (SSSR count). The van der Waals surface area contributed by atoms with Crippen molar-refractivity contribution in [2.45, 2.75) is 38.6 Å². The molecular weight excluding hydrogens is 464 g/mol. The van der Waals surface area contributed by atoms with Gasteiger partial charge in [-0.1, -0.05) is 12.1 Å². The van der Waals surface area contributed by atoms with Gasteiger partial charge < -0.3 is 30.2 Å². The summed E-state index contributed by atoms with van der Waals surface area (Å²) in [5, 5.41) is 9.69. The number of rotatable bonds is 12. The first-order valence-corrected chi connectivity index (χ1v) is 12.7. The van der Waals surface area contributed by atoms with E-state index < -0.39 is 0 Å². The summed E-state index contributed by atoms with van der Waals surface area (Å²) in [6.07, 6.45) is 4.49. The molecule has 0 saturated carbocycles. The second-order valence-corrected chi connectivity index (χ2v) is 9.14.